The van der Waals surface area contributed by atoms with Gasteiger partial charge in [-0.1, -0.05) is 18.2 Å². The number of thioether (sulfide) groups is 2. The van der Waals surface area contributed by atoms with Gasteiger partial charge in [-0.2, -0.15) is 0 Å². The lowest BCUT2D eigenvalue weighted by Crippen LogP contribution is -2.32. The second kappa shape index (κ2) is 4.75. The molecular formula is C10H11NOS2. The van der Waals surface area contributed by atoms with Gasteiger partial charge in [0.05, 0.1) is 11.8 Å². The number of benzene rings is 1. The molecule has 0 bridgehead atoms. The van der Waals surface area contributed by atoms with E-state index in [1.165, 1.54) is 0 Å². The largest absolute Gasteiger partial charge is 0.320 e. The van der Waals surface area contributed by atoms with Crippen LogP contribution in [0.25, 0.3) is 0 Å². The molecule has 0 aromatic heterocycles. The summed E-state index contributed by atoms with van der Waals surface area (Å²) in [7, 11) is 0. The van der Waals surface area contributed by atoms with Crippen molar-refractivity contribution >= 4 is 29.4 Å². The van der Waals surface area contributed by atoms with E-state index in [0.717, 1.165) is 22.4 Å². The first-order valence-electron chi connectivity index (χ1n) is 4.38. The summed E-state index contributed by atoms with van der Waals surface area (Å²) in [4.78, 5) is 13.8. The van der Waals surface area contributed by atoms with Crippen LogP contribution in [-0.4, -0.2) is 27.6 Å². The number of hydrogen-bond acceptors (Lipinski definition) is 3. The van der Waals surface area contributed by atoms with E-state index in [2.05, 4.69) is 0 Å². The summed E-state index contributed by atoms with van der Waals surface area (Å²) in [5.41, 5.74) is 0.788. The van der Waals surface area contributed by atoms with Gasteiger partial charge in [0.2, 0.25) is 0 Å². The van der Waals surface area contributed by atoms with Crippen molar-refractivity contribution in [3.8, 4) is 0 Å². The van der Waals surface area contributed by atoms with E-state index in [1.54, 1.807) is 23.5 Å². The summed E-state index contributed by atoms with van der Waals surface area (Å²) in [6.45, 7) is 0. The van der Waals surface area contributed by atoms with Crippen LogP contribution in [0.5, 0.6) is 0 Å². The third-order valence-corrected chi connectivity index (χ3v) is 4.29. The molecule has 1 amide bonds. The molecule has 0 spiro atoms. The molecule has 0 unspecified atom stereocenters. The first-order valence-corrected chi connectivity index (χ1v) is 6.68. The Bertz CT molecular complexity index is 309. The Labute approximate surface area is 92.1 Å². The van der Waals surface area contributed by atoms with Crippen molar-refractivity contribution in [1.29, 1.82) is 0 Å². The van der Waals surface area contributed by atoms with Crippen molar-refractivity contribution in [2.45, 2.75) is 0 Å². The van der Waals surface area contributed by atoms with Crippen molar-refractivity contribution in [2.24, 2.45) is 0 Å². The average Bonchev–Trinajstić information content (AvgIpc) is 2.30. The number of carbonyl (C=O) groups excluding carboxylic acids is 1. The fraction of sp³-hybridized carbons (Fsp3) is 0.300. The van der Waals surface area contributed by atoms with Gasteiger partial charge in [-0.05, 0) is 12.1 Å². The van der Waals surface area contributed by atoms with Crippen LogP contribution in [-0.2, 0) is 0 Å². The highest BCUT2D eigenvalue weighted by molar-refractivity contribution is 8.16. The Hall–Kier alpha value is -0.610. The standard InChI is InChI=1S/C10H11NOS2/c12-10(9-4-2-1-3-5-9)11-6-13-8-14-7-11/h1-5H,6-8H2. The highest BCUT2D eigenvalue weighted by Crippen LogP contribution is 2.23. The number of hydrogen-bond donors (Lipinski definition) is 0. The summed E-state index contributed by atoms with van der Waals surface area (Å²) in [5.74, 6) is 1.78. The van der Waals surface area contributed by atoms with Gasteiger partial charge in [0.15, 0.2) is 0 Å². The van der Waals surface area contributed by atoms with Crippen LogP contribution in [0.2, 0.25) is 0 Å². The van der Waals surface area contributed by atoms with E-state index >= 15 is 0 Å². The van der Waals surface area contributed by atoms with Crippen molar-refractivity contribution in [2.75, 3.05) is 16.8 Å². The molecule has 0 radical (unpaired) electrons. The van der Waals surface area contributed by atoms with Crippen LogP contribution in [0, 0.1) is 0 Å². The lowest BCUT2D eigenvalue weighted by molar-refractivity contribution is 0.0812. The van der Waals surface area contributed by atoms with Crippen molar-refractivity contribution < 1.29 is 4.79 Å². The highest BCUT2D eigenvalue weighted by Gasteiger charge is 2.17. The Morgan fingerprint density at radius 1 is 1.14 bits per heavy atom. The minimum Gasteiger partial charge on any atom is -0.320 e. The van der Waals surface area contributed by atoms with Gasteiger partial charge < -0.3 is 4.90 Å². The zero-order valence-corrected chi connectivity index (χ0v) is 9.31. The molecule has 0 aliphatic carbocycles. The van der Waals surface area contributed by atoms with E-state index < -0.39 is 0 Å². The van der Waals surface area contributed by atoms with E-state index in [0.29, 0.717) is 0 Å². The number of amides is 1. The quantitative estimate of drug-likeness (QED) is 0.732. The van der Waals surface area contributed by atoms with Crippen LogP contribution in [0.3, 0.4) is 0 Å². The van der Waals surface area contributed by atoms with Crippen LogP contribution in [0.1, 0.15) is 10.4 Å². The zero-order valence-electron chi connectivity index (χ0n) is 7.68. The monoisotopic (exact) mass is 225 g/mol. The normalized spacial score (nSPS) is 16.7. The van der Waals surface area contributed by atoms with Crippen LogP contribution in [0.4, 0.5) is 0 Å². The smallest absolute Gasteiger partial charge is 0.255 e. The van der Waals surface area contributed by atoms with Gasteiger partial charge in [0, 0.05) is 10.6 Å². The maximum absolute atomic E-state index is 11.9. The molecule has 1 saturated heterocycles. The third kappa shape index (κ3) is 2.25. The maximum Gasteiger partial charge on any atom is 0.255 e. The predicted molar refractivity (Wildman–Crippen MR) is 62.4 cm³/mol. The summed E-state index contributed by atoms with van der Waals surface area (Å²) in [6.07, 6.45) is 0. The van der Waals surface area contributed by atoms with Crippen LogP contribution < -0.4 is 0 Å². The van der Waals surface area contributed by atoms with Crippen LogP contribution >= 0.6 is 23.5 Å². The lowest BCUT2D eigenvalue weighted by atomic mass is 10.2. The molecule has 1 aliphatic rings. The van der Waals surface area contributed by atoms with Gasteiger partial charge in [0.25, 0.3) is 5.91 Å². The Kier molecular flexibility index (Phi) is 3.37. The number of nitrogens with zero attached hydrogens (tertiary/aromatic N) is 1. The highest BCUT2D eigenvalue weighted by atomic mass is 32.2. The van der Waals surface area contributed by atoms with E-state index in [4.69, 9.17) is 0 Å². The fourth-order valence-electron chi connectivity index (χ4n) is 1.27. The molecule has 2 nitrogen and oxygen atoms in total. The molecule has 1 aromatic carbocycles. The Morgan fingerprint density at radius 3 is 2.43 bits per heavy atom. The Morgan fingerprint density at radius 2 is 1.79 bits per heavy atom. The van der Waals surface area contributed by atoms with Gasteiger partial charge in [-0.25, -0.2) is 0 Å². The zero-order chi connectivity index (χ0) is 9.80. The molecule has 0 N–H and O–H groups in total. The number of carbonyl (C=O) groups is 1. The van der Waals surface area contributed by atoms with E-state index in [-0.39, 0.29) is 5.91 Å². The second-order valence-corrected chi connectivity index (χ2v) is 5.27. The van der Waals surface area contributed by atoms with Crippen molar-refractivity contribution in [1.82, 2.24) is 4.90 Å². The minimum atomic E-state index is 0.144. The van der Waals surface area contributed by atoms with Gasteiger partial charge >= 0.3 is 0 Å². The third-order valence-electron chi connectivity index (χ3n) is 1.97. The topological polar surface area (TPSA) is 20.3 Å². The molecule has 14 heavy (non-hydrogen) atoms. The van der Waals surface area contributed by atoms with Gasteiger partial charge in [-0.15, -0.1) is 23.5 Å². The molecule has 74 valence electrons. The van der Waals surface area contributed by atoms with Crippen LogP contribution in [0.15, 0.2) is 30.3 Å². The Balaban J connectivity index is 2.07. The molecule has 1 heterocycles. The molecule has 0 saturated carbocycles. The van der Waals surface area contributed by atoms with Gasteiger partial charge in [-0.3, -0.25) is 4.79 Å². The summed E-state index contributed by atoms with van der Waals surface area (Å²) < 4.78 is 0. The molecule has 1 aromatic rings. The summed E-state index contributed by atoms with van der Waals surface area (Å²) in [6, 6.07) is 9.46. The first kappa shape index (κ1) is 9.93. The lowest BCUT2D eigenvalue weighted by Gasteiger charge is -2.25. The van der Waals surface area contributed by atoms with Crippen molar-refractivity contribution in [3.63, 3.8) is 0 Å². The van der Waals surface area contributed by atoms with Crippen molar-refractivity contribution in [3.05, 3.63) is 35.9 Å². The maximum atomic E-state index is 11.9. The van der Waals surface area contributed by atoms with E-state index in [9.17, 15) is 4.79 Å². The summed E-state index contributed by atoms with van der Waals surface area (Å²) >= 11 is 3.59. The molecule has 4 heteroatoms. The molecule has 1 fully saturated rings. The van der Waals surface area contributed by atoms with E-state index in [1.807, 2.05) is 35.2 Å². The summed E-state index contributed by atoms with van der Waals surface area (Å²) in [5, 5.41) is 1.10. The first-order chi connectivity index (χ1) is 6.88. The second-order valence-electron chi connectivity index (χ2n) is 3.00. The molecule has 1 aliphatic heterocycles. The minimum absolute atomic E-state index is 0.144. The fourth-order valence-corrected chi connectivity index (χ4v) is 3.31. The van der Waals surface area contributed by atoms with Gasteiger partial charge in [0.1, 0.15) is 0 Å². The predicted octanol–water partition coefficient (Wildman–Crippen LogP) is 2.48. The molecule has 0 atom stereocenters. The molecular weight excluding hydrogens is 214 g/mol. The number of rotatable bonds is 1. The SMILES string of the molecule is O=C(c1ccccc1)N1CSCSC1. The molecule has 2 rings (SSSR count). The average molecular weight is 225 g/mol.